The molecular weight excluding hydrogens is 323 g/mol. The first-order valence-electron chi connectivity index (χ1n) is 7.68. The summed E-state index contributed by atoms with van der Waals surface area (Å²) in [5, 5.41) is 0. The van der Waals surface area contributed by atoms with Crippen molar-refractivity contribution >= 4 is 17.5 Å². The smallest absolute Gasteiger partial charge is 0.406 e. The van der Waals surface area contributed by atoms with Crippen LogP contribution >= 0.6 is 0 Å². The number of allylic oxidation sites excluding steroid dienone is 2. The van der Waals surface area contributed by atoms with Crippen LogP contribution in [0.15, 0.2) is 35.9 Å². The predicted octanol–water partition coefficient (Wildman–Crippen LogP) is 3.29. The fourth-order valence-electron chi connectivity index (χ4n) is 4.33. The van der Waals surface area contributed by atoms with Crippen molar-refractivity contribution in [3.8, 4) is 5.75 Å². The Bertz CT molecular complexity index is 753. The first-order valence-corrected chi connectivity index (χ1v) is 7.68. The average Bonchev–Trinajstić information content (AvgIpc) is 3.10. The maximum absolute atomic E-state index is 12.7. The molecule has 2 aliphatic carbocycles. The summed E-state index contributed by atoms with van der Waals surface area (Å²) in [4.78, 5) is 26.5. The van der Waals surface area contributed by atoms with Crippen molar-refractivity contribution in [2.45, 2.75) is 19.7 Å². The minimum absolute atomic E-state index is 0.0919. The van der Waals surface area contributed by atoms with Gasteiger partial charge in [-0.15, -0.1) is 13.2 Å². The van der Waals surface area contributed by atoms with Crippen LogP contribution in [-0.2, 0) is 9.59 Å². The molecule has 2 bridgehead atoms. The molecule has 4 atom stereocenters. The van der Waals surface area contributed by atoms with E-state index in [1.54, 1.807) is 0 Å². The largest absolute Gasteiger partial charge is 0.573 e. The number of nitrogens with zero attached hydrogens (tertiary/aromatic N) is 1. The molecule has 4 nitrogen and oxygen atoms in total. The summed E-state index contributed by atoms with van der Waals surface area (Å²) in [7, 11) is 0. The quantitative estimate of drug-likeness (QED) is 0.615. The summed E-state index contributed by atoms with van der Waals surface area (Å²) in [6.45, 7) is 1.98. The molecule has 0 aromatic heterocycles. The number of hydrogen-bond donors (Lipinski definition) is 0. The second kappa shape index (κ2) is 4.84. The van der Waals surface area contributed by atoms with E-state index in [1.807, 2.05) is 6.92 Å². The molecule has 2 amide bonds. The van der Waals surface area contributed by atoms with Gasteiger partial charge in [0.15, 0.2) is 0 Å². The van der Waals surface area contributed by atoms with Gasteiger partial charge in [-0.2, -0.15) is 0 Å². The SMILES string of the molecule is CC1=C[C@H]2C[C@@H]1[C@H]1C(=O)N(c3ccc(OC(F)(F)F)cc3)C(=O)[C@@H]12. The van der Waals surface area contributed by atoms with Crippen LogP contribution in [0.3, 0.4) is 0 Å². The molecule has 1 aliphatic heterocycles. The number of carbonyl (C=O) groups is 2. The first-order chi connectivity index (χ1) is 11.3. The van der Waals surface area contributed by atoms with E-state index in [-0.39, 0.29) is 46.9 Å². The molecule has 2 fully saturated rings. The van der Waals surface area contributed by atoms with Gasteiger partial charge in [-0.05, 0) is 49.4 Å². The maximum atomic E-state index is 12.7. The Balaban J connectivity index is 1.60. The van der Waals surface area contributed by atoms with Crippen LogP contribution in [0.4, 0.5) is 18.9 Å². The highest BCUT2D eigenvalue weighted by atomic mass is 19.4. The third-order valence-electron chi connectivity index (χ3n) is 5.21. The molecule has 4 rings (SSSR count). The summed E-state index contributed by atoms with van der Waals surface area (Å²) in [6.07, 6.45) is -1.87. The Kier molecular flexibility index (Phi) is 3.07. The van der Waals surface area contributed by atoms with E-state index in [9.17, 15) is 22.8 Å². The topological polar surface area (TPSA) is 46.6 Å². The molecule has 0 radical (unpaired) electrons. The summed E-state index contributed by atoms with van der Waals surface area (Å²) >= 11 is 0. The number of carbonyl (C=O) groups excluding carboxylic acids is 2. The molecule has 1 saturated heterocycles. The van der Waals surface area contributed by atoms with Crippen LogP contribution in [0.25, 0.3) is 0 Å². The van der Waals surface area contributed by atoms with Gasteiger partial charge in [0.1, 0.15) is 5.75 Å². The van der Waals surface area contributed by atoms with E-state index in [1.165, 1.54) is 12.1 Å². The summed E-state index contributed by atoms with van der Waals surface area (Å²) < 4.78 is 40.4. The van der Waals surface area contributed by atoms with Crippen LogP contribution in [0.2, 0.25) is 0 Å². The third-order valence-corrected chi connectivity index (χ3v) is 5.21. The van der Waals surface area contributed by atoms with Crippen molar-refractivity contribution in [2.24, 2.45) is 23.7 Å². The van der Waals surface area contributed by atoms with Crippen LogP contribution in [0, 0.1) is 23.7 Å². The normalized spacial score (nSPS) is 31.5. The van der Waals surface area contributed by atoms with E-state index in [0.29, 0.717) is 0 Å². The fourth-order valence-corrected chi connectivity index (χ4v) is 4.33. The zero-order chi connectivity index (χ0) is 17.2. The number of halogens is 3. The standard InChI is InChI=1S/C17H14F3NO3/c1-8-6-9-7-12(8)14-13(9)15(22)21(16(14)23)10-2-4-11(5-3-10)24-17(18,19)20/h2-6,9,12-14H,7H2,1H3/t9-,12-,13+,14+/m0/s1. The molecule has 1 saturated carbocycles. The molecule has 7 heteroatoms. The van der Waals surface area contributed by atoms with Crippen LogP contribution in [-0.4, -0.2) is 18.2 Å². The highest BCUT2D eigenvalue weighted by Crippen LogP contribution is 2.55. The van der Waals surface area contributed by atoms with Gasteiger partial charge < -0.3 is 4.74 Å². The lowest BCUT2D eigenvalue weighted by Gasteiger charge is -2.19. The van der Waals surface area contributed by atoms with E-state index in [2.05, 4.69) is 10.8 Å². The number of amides is 2. The van der Waals surface area contributed by atoms with Gasteiger partial charge in [-0.25, -0.2) is 0 Å². The molecule has 0 unspecified atom stereocenters. The highest BCUT2D eigenvalue weighted by Gasteiger charge is 2.60. The van der Waals surface area contributed by atoms with Gasteiger partial charge >= 0.3 is 6.36 Å². The van der Waals surface area contributed by atoms with Gasteiger partial charge in [0.2, 0.25) is 11.8 Å². The molecule has 24 heavy (non-hydrogen) atoms. The number of rotatable bonds is 2. The summed E-state index contributed by atoms with van der Waals surface area (Å²) in [5.74, 6) is -1.37. The van der Waals surface area contributed by atoms with Crippen molar-refractivity contribution < 1.29 is 27.5 Å². The lowest BCUT2D eigenvalue weighted by atomic mass is 9.82. The first kappa shape index (κ1) is 15.2. The molecule has 1 heterocycles. The minimum atomic E-state index is -4.78. The second-order valence-electron chi connectivity index (χ2n) is 6.52. The molecule has 0 N–H and O–H groups in total. The Hall–Kier alpha value is -2.31. The Morgan fingerprint density at radius 3 is 2.33 bits per heavy atom. The Morgan fingerprint density at radius 1 is 1.08 bits per heavy atom. The molecular formula is C17H14F3NO3. The van der Waals surface area contributed by atoms with Crippen LogP contribution < -0.4 is 9.64 Å². The monoisotopic (exact) mass is 337 g/mol. The van der Waals surface area contributed by atoms with Crippen molar-refractivity contribution in [3.05, 3.63) is 35.9 Å². The number of alkyl halides is 3. The van der Waals surface area contributed by atoms with E-state index in [0.717, 1.165) is 29.0 Å². The highest BCUT2D eigenvalue weighted by molar-refractivity contribution is 6.22. The molecule has 126 valence electrons. The van der Waals surface area contributed by atoms with E-state index < -0.39 is 6.36 Å². The summed E-state index contributed by atoms with van der Waals surface area (Å²) in [5.41, 5.74) is 1.43. The van der Waals surface area contributed by atoms with Crippen molar-refractivity contribution in [1.82, 2.24) is 0 Å². The number of hydrogen-bond acceptors (Lipinski definition) is 3. The number of anilines is 1. The van der Waals surface area contributed by atoms with Crippen LogP contribution in [0.5, 0.6) is 5.75 Å². The average molecular weight is 337 g/mol. The van der Waals surface area contributed by atoms with Gasteiger partial charge in [0.25, 0.3) is 0 Å². The molecule has 1 aromatic carbocycles. The minimum Gasteiger partial charge on any atom is -0.406 e. The Labute approximate surface area is 135 Å². The van der Waals surface area contributed by atoms with E-state index in [4.69, 9.17) is 0 Å². The van der Waals surface area contributed by atoms with Gasteiger partial charge in [0, 0.05) is 0 Å². The van der Waals surface area contributed by atoms with Gasteiger partial charge in [0.05, 0.1) is 17.5 Å². The lowest BCUT2D eigenvalue weighted by Crippen LogP contribution is -2.32. The summed E-state index contributed by atoms with van der Waals surface area (Å²) in [6, 6.07) is 4.82. The zero-order valence-electron chi connectivity index (χ0n) is 12.7. The number of ether oxygens (including phenoxy) is 1. The third kappa shape index (κ3) is 2.14. The van der Waals surface area contributed by atoms with Gasteiger partial charge in [-0.3, -0.25) is 14.5 Å². The zero-order valence-corrected chi connectivity index (χ0v) is 12.7. The fraction of sp³-hybridized carbons (Fsp3) is 0.412. The molecule has 3 aliphatic rings. The van der Waals surface area contributed by atoms with Crippen molar-refractivity contribution in [1.29, 1.82) is 0 Å². The van der Waals surface area contributed by atoms with Crippen molar-refractivity contribution in [2.75, 3.05) is 4.90 Å². The van der Waals surface area contributed by atoms with Crippen LogP contribution in [0.1, 0.15) is 13.3 Å². The lowest BCUT2D eigenvalue weighted by molar-refractivity contribution is -0.274. The van der Waals surface area contributed by atoms with E-state index >= 15 is 0 Å². The second-order valence-corrected chi connectivity index (χ2v) is 6.52. The van der Waals surface area contributed by atoms with Crippen molar-refractivity contribution in [3.63, 3.8) is 0 Å². The van der Waals surface area contributed by atoms with Gasteiger partial charge in [-0.1, -0.05) is 11.6 Å². The number of fused-ring (bicyclic) bond motifs is 5. The molecule has 1 aromatic rings. The maximum Gasteiger partial charge on any atom is 0.573 e. The Morgan fingerprint density at radius 2 is 1.71 bits per heavy atom. The number of imide groups is 1. The number of benzene rings is 1. The predicted molar refractivity (Wildman–Crippen MR) is 78.0 cm³/mol. The molecule has 0 spiro atoms.